The minimum absolute atomic E-state index is 0.128. The molecule has 0 heterocycles. The Morgan fingerprint density at radius 3 is 2.44 bits per heavy atom. The molecule has 0 aliphatic heterocycles. The molecule has 0 fully saturated rings. The Hall–Kier alpha value is -2.54. The van der Waals surface area contributed by atoms with Gasteiger partial charge in [-0.05, 0) is 57.0 Å². The van der Waals surface area contributed by atoms with Gasteiger partial charge in [0.05, 0.1) is 18.0 Å². The van der Waals surface area contributed by atoms with Crippen molar-refractivity contribution in [1.82, 2.24) is 0 Å². The highest BCUT2D eigenvalue weighted by Gasteiger charge is 2.24. The van der Waals surface area contributed by atoms with Gasteiger partial charge in [0.1, 0.15) is 12.3 Å². The molecule has 0 aliphatic rings. The van der Waals surface area contributed by atoms with Crippen molar-refractivity contribution in [3.63, 3.8) is 0 Å². The Bertz CT molecular complexity index is 923. The Kier molecular flexibility index (Phi) is 6.49. The van der Waals surface area contributed by atoms with Crippen LogP contribution in [-0.2, 0) is 14.8 Å². The summed E-state index contributed by atoms with van der Waals surface area (Å²) < 4.78 is 31.5. The third kappa shape index (κ3) is 5.72. The number of aryl methyl sites for hydroxylation is 2. The minimum Gasteiger partial charge on any atom is -0.489 e. The lowest BCUT2D eigenvalue weighted by Crippen LogP contribution is -2.37. The number of para-hydroxylation sites is 2. The maximum absolute atomic E-state index is 12.6. The van der Waals surface area contributed by atoms with Gasteiger partial charge in [-0.1, -0.05) is 24.3 Å². The molecule has 0 saturated heterocycles. The Morgan fingerprint density at radius 1 is 1.15 bits per heavy atom. The first-order valence-corrected chi connectivity index (χ1v) is 10.5. The van der Waals surface area contributed by atoms with Crippen molar-refractivity contribution >= 4 is 27.3 Å². The van der Waals surface area contributed by atoms with E-state index in [0.29, 0.717) is 17.1 Å². The predicted molar refractivity (Wildman–Crippen MR) is 109 cm³/mol. The van der Waals surface area contributed by atoms with Crippen LogP contribution < -0.4 is 14.4 Å². The number of carbonyl (C=O) groups excluding carboxylic acids is 1. The number of sulfonamides is 1. The second-order valence-electron chi connectivity index (χ2n) is 6.77. The van der Waals surface area contributed by atoms with Gasteiger partial charge in [0, 0.05) is 5.69 Å². The van der Waals surface area contributed by atoms with Gasteiger partial charge >= 0.3 is 0 Å². The fourth-order valence-corrected chi connectivity index (χ4v) is 3.45. The first kappa shape index (κ1) is 20.8. The standard InChI is InChI=1S/C20H26N2O4S/c1-14(2)26-19-9-7-6-8-18(19)22(27(5,24)25)13-20(23)21-17-12-15(3)10-11-16(17)4/h6-12,14H,13H2,1-5H3,(H,21,23). The summed E-state index contributed by atoms with van der Waals surface area (Å²) in [5, 5.41) is 2.80. The fraction of sp³-hybridized carbons (Fsp3) is 0.350. The molecular weight excluding hydrogens is 364 g/mol. The highest BCUT2D eigenvalue weighted by Crippen LogP contribution is 2.30. The van der Waals surface area contributed by atoms with Crippen LogP contribution in [0.3, 0.4) is 0 Å². The molecule has 7 heteroatoms. The van der Waals surface area contributed by atoms with Crippen LogP contribution in [-0.4, -0.2) is 33.2 Å². The maximum atomic E-state index is 12.6. The zero-order chi connectivity index (χ0) is 20.2. The lowest BCUT2D eigenvalue weighted by atomic mass is 10.1. The largest absolute Gasteiger partial charge is 0.489 e. The normalized spacial score (nSPS) is 11.3. The monoisotopic (exact) mass is 390 g/mol. The minimum atomic E-state index is -3.69. The Labute approximate surface area is 161 Å². The van der Waals surface area contributed by atoms with Crippen LogP contribution in [0.1, 0.15) is 25.0 Å². The molecule has 146 valence electrons. The summed E-state index contributed by atoms with van der Waals surface area (Å²) in [6.45, 7) is 7.18. The smallest absolute Gasteiger partial charge is 0.245 e. The number of hydrogen-bond acceptors (Lipinski definition) is 4. The number of nitrogens with zero attached hydrogens (tertiary/aromatic N) is 1. The number of carbonyl (C=O) groups is 1. The Morgan fingerprint density at radius 2 is 1.81 bits per heavy atom. The molecule has 27 heavy (non-hydrogen) atoms. The van der Waals surface area contributed by atoms with Crippen molar-refractivity contribution in [3.8, 4) is 5.75 Å². The molecule has 1 N–H and O–H groups in total. The third-order valence-corrected chi connectivity index (χ3v) is 4.98. The van der Waals surface area contributed by atoms with E-state index in [1.54, 1.807) is 24.3 Å². The van der Waals surface area contributed by atoms with Crippen molar-refractivity contribution in [2.45, 2.75) is 33.8 Å². The van der Waals surface area contributed by atoms with Crippen LogP contribution >= 0.6 is 0 Å². The summed E-state index contributed by atoms with van der Waals surface area (Å²) in [5.74, 6) is -0.00839. The van der Waals surface area contributed by atoms with E-state index in [-0.39, 0.29) is 12.6 Å². The summed E-state index contributed by atoms with van der Waals surface area (Å²) in [5.41, 5.74) is 2.92. The second-order valence-corrected chi connectivity index (χ2v) is 8.68. The molecule has 0 spiro atoms. The SMILES string of the molecule is Cc1ccc(C)c(NC(=O)CN(c2ccccc2OC(C)C)S(C)(=O)=O)c1. The number of nitrogens with one attached hydrogen (secondary N) is 1. The van der Waals surface area contributed by atoms with Crippen LogP contribution in [0.4, 0.5) is 11.4 Å². The van der Waals surface area contributed by atoms with Gasteiger partial charge < -0.3 is 10.1 Å². The lowest BCUT2D eigenvalue weighted by molar-refractivity contribution is -0.114. The molecule has 2 aromatic rings. The van der Waals surface area contributed by atoms with Crippen LogP contribution in [0, 0.1) is 13.8 Å². The van der Waals surface area contributed by atoms with E-state index in [1.165, 1.54) is 0 Å². The molecule has 0 aliphatic carbocycles. The molecule has 0 radical (unpaired) electrons. The average Bonchev–Trinajstić information content (AvgIpc) is 2.55. The highest BCUT2D eigenvalue weighted by molar-refractivity contribution is 7.92. The summed E-state index contributed by atoms with van der Waals surface area (Å²) in [6.07, 6.45) is 0.945. The zero-order valence-electron chi connectivity index (χ0n) is 16.3. The molecule has 0 bridgehead atoms. The van der Waals surface area contributed by atoms with Crippen molar-refractivity contribution in [2.24, 2.45) is 0 Å². The number of amides is 1. The zero-order valence-corrected chi connectivity index (χ0v) is 17.1. The highest BCUT2D eigenvalue weighted by atomic mass is 32.2. The van der Waals surface area contributed by atoms with Gasteiger partial charge in [0.25, 0.3) is 0 Å². The van der Waals surface area contributed by atoms with Gasteiger partial charge in [-0.15, -0.1) is 0 Å². The number of anilines is 2. The fourth-order valence-electron chi connectivity index (χ4n) is 2.59. The molecule has 0 atom stereocenters. The van der Waals surface area contributed by atoms with E-state index in [4.69, 9.17) is 4.74 Å². The van der Waals surface area contributed by atoms with Crippen molar-refractivity contribution in [2.75, 3.05) is 22.4 Å². The van der Waals surface area contributed by atoms with E-state index in [9.17, 15) is 13.2 Å². The van der Waals surface area contributed by atoms with Crippen molar-refractivity contribution in [1.29, 1.82) is 0 Å². The van der Waals surface area contributed by atoms with E-state index < -0.39 is 15.9 Å². The summed E-state index contributed by atoms with van der Waals surface area (Å²) in [4.78, 5) is 12.6. The lowest BCUT2D eigenvalue weighted by Gasteiger charge is -2.25. The molecular formula is C20H26N2O4S. The molecule has 2 rings (SSSR count). The summed E-state index contributed by atoms with van der Waals surface area (Å²) >= 11 is 0. The first-order valence-electron chi connectivity index (χ1n) is 8.68. The van der Waals surface area contributed by atoms with E-state index >= 15 is 0 Å². The molecule has 6 nitrogen and oxygen atoms in total. The van der Waals surface area contributed by atoms with Crippen LogP contribution in [0.5, 0.6) is 5.75 Å². The van der Waals surface area contributed by atoms with Gasteiger partial charge in [0.15, 0.2) is 0 Å². The number of rotatable bonds is 7. The van der Waals surface area contributed by atoms with Crippen molar-refractivity contribution < 1.29 is 17.9 Å². The molecule has 2 aromatic carbocycles. The third-order valence-electron chi connectivity index (χ3n) is 3.85. The first-order chi connectivity index (χ1) is 12.6. The van der Waals surface area contributed by atoms with E-state index in [2.05, 4.69) is 5.32 Å². The van der Waals surface area contributed by atoms with Gasteiger partial charge in [-0.3, -0.25) is 9.10 Å². The van der Waals surface area contributed by atoms with Gasteiger partial charge in [-0.25, -0.2) is 8.42 Å². The topological polar surface area (TPSA) is 75.7 Å². The molecule has 0 unspecified atom stereocenters. The van der Waals surface area contributed by atoms with Gasteiger partial charge in [-0.2, -0.15) is 0 Å². The van der Waals surface area contributed by atoms with Crippen LogP contribution in [0.2, 0.25) is 0 Å². The number of ether oxygens (including phenoxy) is 1. The van der Waals surface area contributed by atoms with Crippen LogP contribution in [0.15, 0.2) is 42.5 Å². The van der Waals surface area contributed by atoms with Gasteiger partial charge in [0.2, 0.25) is 15.9 Å². The van der Waals surface area contributed by atoms with E-state index in [1.807, 2.05) is 45.9 Å². The maximum Gasteiger partial charge on any atom is 0.245 e. The quantitative estimate of drug-likeness (QED) is 0.785. The predicted octanol–water partition coefficient (Wildman–Crippen LogP) is 3.50. The summed E-state index contributed by atoms with van der Waals surface area (Å²) in [7, 11) is -3.69. The van der Waals surface area contributed by atoms with E-state index in [0.717, 1.165) is 21.7 Å². The average molecular weight is 391 g/mol. The number of hydrogen-bond donors (Lipinski definition) is 1. The second kappa shape index (κ2) is 8.43. The van der Waals surface area contributed by atoms with Crippen molar-refractivity contribution in [3.05, 3.63) is 53.6 Å². The van der Waals surface area contributed by atoms with Crippen LogP contribution in [0.25, 0.3) is 0 Å². The Balaban J connectivity index is 2.31. The molecule has 0 aromatic heterocycles. The molecule has 1 amide bonds. The number of benzene rings is 2. The summed E-state index contributed by atoms with van der Waals surface area (Å²) in [6, 6.07) is 12.5. The molecule has 0 saturated carbocycles.